The van der Waals surface area contributed by atoms with Gasteiger partial charge in [-0.25, -0.2) is 0 Å². The molecule has 0 amide bonds. The third-order valence-corrected chi connectivity index (χ3v) is 2.95. The van der Waals surface area contributed by atoms with Crippen LogP contribution in [0.1, 0.15) is 13.3 Å². The van der Waals surface area contributed by atoms with Crippen LogP contribution in [0.3, 0.4) is 0 Å². The van der Waals surface area contributed by atoms with Crippen molar-refractivity contribution in [3.05, 3.63) is 18.2 Å². The van der Waals surface area contributed by atoms with Crippen molar-refractivity contribution in [3.8, 4) is 5.75 Å². The van der Waals surface area contributed by atoms with Crippen LogP contribution < -0.4 is 15.8 Å². The van der Waals surface area contributed by atoms with Gasteiger partial charge in [-0.15, -0.1) is 0 Å². The van der Waals surface area contributed by atoms with Crippen LogP contribution in [0.2, 0.25) is 0 Å². The molecule has 0 atom stereocenters. The highest BCUT2D eigenvalue weighted by atomic mass is 32.2. The van der Waals surface area contributed by atoms with Crippen molar-refractivity contribution in [1.82, 2.24) is 0 Å². The highest BCUT2D eigenvalue weighted by molar-refractivity contribution is 8.00. The lowest BCUT2D eigenvalue weighted by Crippen LogP contribution is -2.11. The van der Waals surface area contributed by atoms with Crippen LogP contribution >= 0.6 is 11.8 Å². The third kappa shape index (κ3) is 5.96. The van der Waals surface area contributed by atoms with Crippen molar-refractivity contribution in [1.29, 1.82) is 0 Å². The molecule has 0 aliphatic carbocycles. The average molecular weight is 294 g/mol. The molecular formula is C12H17F3N2OS. The van der Waals surface area contributed by atoms with Gasteiger partial charge in [0.25, 0.3) is 0 Å². The van der Waals surface area contributed by atoms with E-state index < -0.39 is 5.51 Å². The van der Waals surface area contributed by atoms with Crippen molar-refractivity contribution in [2.75, 3.05) is 30.0 Å². The summed E-state index contributed by atoms with van der Waals surface area (Å²) in [6.45, 7) is 2.72. The minimum absolute atomic E-state index is 0.0578. The van der Waals surface area contributed by atoms with Gasteiger partial charge in [0.15, 0.2) is 0 Å². The van der Waals surface area contributed by atoms with Gasteiger partial charge in [0.2, 0.25) is 0 Å². The van der Waals surface area contributed by atoms with Crippen LogP contribution in [0, 0.1) is 0 Å². The van der Waals surface area contributed by atoms with Gasteiger partial charge >= 0.3 is 5.51 Å². The third-order valence-electron chi connectivity index (χ3n) is 2.21. The Hall–Kier alpha value is -1.24. The van der Waals surface area contributed by atoms with Crippen molar-refractivity contribution < 1.29 is 17.9 Å². The number of nitrogens with two attached hydrogens (primary N) is 1. The monoisotopic (exact) mass is 294 g/mol. The molecule has 0 fully saturated rings. The molecule has 7 heteroatoms. The summed E-state index contributed by atoms with van der Waals surface area (Å²) in [4.78, 5) is 0. The molecule has 0 heterocycles. The van der Waals surface area contributed by atoms with Gasteiger partial charge in [-0.1, -0.05) is 13.0 Å². The van der Waals surface area contributed by atoms with E-state index >= 15 is 0 Å². The molecule has 0 saturated carbocycles. The summed E-state index contributed by atoms with van der Waals surface area (Å²) in [7, 11) is 0. The molecule has 0 aromatic heterocycles. The first-order chi connectivity index (χ1) is 8.94. The Labute approximate surface area is 114 Å². The van der Waals surface area contributed by atoms with E-state index in [1.165, 1.54) is 0 Å². The van der Waals surface area contributed by atoms with Crippen LogP contribution in [-0.4, -0.2) is 24.4 Å². The Morgan fingerprint density at radius 1 is 1.37 bits per heavy atom. The fourth-order valence-corrected chi connectivity index (χ4v) is 1.82. The van der Waals surface area contributed by atoms with Gasteiger partial charge in [-0.2, -0.15) is 13.2 Å². The quantitative estimate of drug-likeness (QED) is 0.594. The van der Waals surface area contributed by atoms with E-state index in [0.717, 1.165) is 6.42 Å². The predicted molar refractivity (Wildman–Crippen MR) is 73.6 cm³/mol. The predicted octanol–water partition coefficient (Wildman–Crippen LogP) is 3.72. The van der Waals surface area contributed by atoms with Crippen molar-refractivity contribution in [3.63, 3.8) is 0 Å². The largest absolute Gasteiger partial charge is 0.491 e. The molecular weight excluding hydrogens is 277 g/mol. The molecule has 19 heavy (non-hydrogen) atoms. The molecule has 0 radical (unpaired) electrons. The molecule has 108 valence electrons. The maximum absolute atomic E-state index is 12.0. The summed E-state index contributed by atoms with van der Waals surface area (Å²) in [5, 5.41) is 2.88. The first-order valence-electron chi connectivity index (χ1n) is 5.90. The molecule has 3 nitrogen and oxygen atoms in total. The minimum atomic E-state index is -4.20. The van der Waals surface area contributed by atoms with Gasteiger partial charge in [0.05, 0.1) is 18.0 Å². The average Bonchev–Trinajstić information content (AvgIpc) is 2.33. The first-order valence-corrected chi connectivity index (χ1v) is 6.88. The van der Waals surface area contributed by atoms with E-state index in [2.05, 4.69) is 5.32 Å². The topological polar surface area (TPSA) is 47.3 Å². The van der Waals surface area contributed by atoms with Crippen molar-refractivity contribution in [2.24, 2.45) is 0 Å². The highest BCUT2D eigenvalue weighted by Gasteiger charge is 2.27. The number of nitrogen functional groups attached to an aromatic ring is 1. The molecule has 1 aromatic rings. The number of hydrogen-bond donors (Lipinski definition) is 2. The zero-order valence-corrected chi connectivity index (χ0v) is 11.4. The van der Waals surface area contributed by atoms with Crippen molar-refractivity contribution >= 4 is 23.1 Å². The van der Waals surface area contributed by atoms with Crippen LogP contribution in [0.5, 0.6) is 5.75 Å². The first kappa shape index (κ1) is 15.8. The number of hydrogen-bond acceptors (Lipinski definition) is 4. The number of rotatable bonds is 7. The van der Waals surface area contributed by atoms with Crippen LogP contribution in [0.4, 0.5) is 24.5 Å². The standard InChI is InChI=1S/C12H17F3N2OS/c1-2-7-18-10-5-3-4-9(11(10)16)17-6-8-19-12(13,14)15/h3-5,17H,2,6-8,16H2,1H3. The second kappa shape index (κ2) is 7.37. The molecule has 0 aliphatic rings. The molecule has 0 saturated heterocycles. The minimum Gasteiger partial charge on any atom is -0.491 e. The number of para-hydroxylation sites is 1. The number of ether oxygens (including phenoxy) is 1. The van der Waals surface area contributed by atoms with Gasteiger partial charge in [0, 0.05) is 12.3 Å². The Balaban J connectivity index is 2.49. The lowest BCUT2D eigenvalue weighted by Gasteiger charge is -2.13. The van der Waals surface area contributed by atoms with Gasteiger partial charge in [0.1, 0.15) is 5.75 Å². The zero-order chi connectivity index (χ0) is 14.3. The molecule has 0 bridgehead atoms. The maximum Gasteiger partial charge on any atom is 0.441 e. The smallest absolute Gasteiger partial charge is 0.441 e. The van der Waals surface area contributed by atoms with E-state index in [-0.39, 0.29) is 24.1 Å². The molecule has 3 N–H and O–H groups in total. The fourth-order valence-electron chi connectivity index (χ4n) is 1.39. The SMILES string of the molecule is CCCOc1cccc(NCCSC(F)(F)F)c1N. The summed E-state index contributed by atoms with van der Waals surface area (Å²) in [5.41, 5.74) is 2.70. The van der Waals surface area contributed by atoms with Gasteiger partial charge < -0.3 is 15.8 Å². The van der Waals surface area contributed by atoms with Gasteiger partial charge in [-0.05, 0) is 30.3 Å². The van der Waals surface area contributed by atoms with E-state index in [1.807, 2.05) is 6.92 Å². The zero-order valence-electron chi connectivity index (χ0n) is 10.6. The molecule has 1 aromatic carbocycles. The Kier molecular flexibility index (Phi) is 6.14. The van der Waals surface area contributed by atoms with Gasteiger partial charge in [-0.3, -0.25) is 0 Å². The lowest BCUT2D eigenvalue weighted by molar-refractivity contribution is -0.0327. The summed E-state index contributed by atoms with van der Waals surface area (Å²) >= 11 is -0.0578. The Morgan fingerprint density at radius 3 is 2.74 bits per heavy atom. The highest BCUT2D eigenvalue weighted by Crippen LogP contribution is 2.31. The number of benzene rings is 1. The van der Waals surface area contributed by atoms with Crippen molar-refractivity contribution in [2.45, 2.75) is 18.9 Å². The molecule has 1 rings (SSSR count). The van der Waals surface area contributed by atoms with E-state index in [0.29, 0.717) is 23.7 Å². The molecule has 0 unspecified atom stereocenters. The summed E-state index contributed by atoms with van der Waals surface area (Å²) < 4.78 is 41.3. The van der Waals surface area contributed by atoms with Crippen LogP contribution in [-0.2, 0) is 0 Å². The number of alkyl halides is 3. The summed E-state index contributed by atoms with van der Waals surface area (Å²) in [5.74, 6) is 0.485. The number of anilines is 2. The lowest BCUT2D eigenvalue weighted by atomic mass is 10.2. The number of nitrogens with one attached hydrogen (secondary N) is 1. The number of thioether (sulfide) groups is 1. The number of halogens is 3. The molecule has 0 aliphatic heterocycles. The molecule has 0 spiro atoms. The summed E-state index contributed by atoms with van der Waals surface area (Å²) in [6, 6.07) is 5.20. The van der Waals surface area contributed by atoms with E-state index in [1.54, 1.807) is 18.2 Å². The fraction of sp³-hybridized carbons (Fsp3) is 0.500. The normalized spacial score (nSPS) is 11.4. The summed E-state index contributed by atoms with van der Waals surface area (Å²) in [6.07, 6.45) is 0.860. The van der Waals surface area contributed by atoms with Crippen LogP contribution in [0.25, 0.3) is 0 Å². The van der Waals surface area contributed by atoms with E-state index in [4.69, 9.17) is 10.5 Å². The van der Waals surface area contributed by atoms with Crippen LogP contribution in [0.15, 0.2) is 18.2 Å². The Bertz CT molecular complexity index is 399. The van der Waals surface area contributed by atoms with E-state index in [9.17, 15) is 13.2 Å². The Morgan fingerprint density at radius 2 is 2.11 bits per heavy atom. The second-order valence-corrected chi connectivity index (χ2v) is 4.95. The second-order valence-electron chi connectivity index (χ2n) is 3.79. The maximum atomic E-state index is 12.0.